The molecule has 3 N–H and O–H groups in total. The van der Waals surface area contributed by atoms with Crippen molar-refractivity contribution < 1.29 is 4.79 Å². The summed E-state index contributed by atoms with van der Waals surface area (Å²) in [5, 5.41) is 11.3. The third-order valence-corrected chi connectivity index (χ3v) is 3.76. The first-order valence-electron chi connectivity index (χ1n) is 7.63. The molecular formula is C17H14N6O2. The van der Waals surface area contributed by atoms with E-state index in [1.54, 1.807) is 25.1 Å². The number of hydrogen-bond donors (Lipinski definition) is 3. The lowest BCUT2D eigenvalue weighted by atomic mass is 10.2. The summed E-state index contributed by atoms with van der Waals surface area (Å²) < 4.78 is 0. The molecule has 0 atom stereocenters. The molecule has 0 aliphatic rings. The van der Waals surface area contributed by atoms with E-state index >= 15 is 0 Å². The van der Waals surface area contributed by atoms with Crippen molar-refractivity contribution in [1.29, 1.82) is 0 Å². The Morgan fingerprint density at radius 2 is 1.80 bits per heavy atom. The Kier molecular flexibility index (Phi) is 3.42. The second-order valence-corrected chi connectivity index (χ2v) is 5.55. The number of rotatable bonds is 3. The Morgan fingerprint density at radius 1 is 1.04 bits per heavy atom. The van der Waals surface area contributed by atoms with Crippen molar-refractivity contribution >= 4 is 22.6 Å². The van der Waals surface area contributed by atoms with E-state index in [9.17, 15) is 9.59 Å². The van der Waals surface area contributed by atoms with Crippen molar-refractivity contribution in [3.63, 3.8) is 0 Å². The highest BCUT2D eigenvalue weighted by Gasteiger charge is 2.16. The predicted octanol–water partition coefficient (Wildman–Crippen LogP) is 2.00. The molecule has 0 unspecified atom stereocenters. The molecule has 0 aliphatic carbocycles. The number of carbonyl (C=O) groups excluding carboxylic acids is 1. The fourth-order valence-corrected chi connectivity index (χ4v) is 2.57. The molecule has 1 amide bonds. The van der Waals surface area contributed by atoms with E-state index in [1.807, 2.05) is 30.3 Å². The molecule has 0 saturated heterocycles. The van der Waals surface area contributed by atoms with Crippen LogP contribution in [0, 0.1) is 6.92 Å². The van der Waals surface area contributed by atoms with Gasteiger partial charge in [0.05, 0.1) is 22.4 Å². The number of nitrogens with one attached hydrogen (secondary N) is 3. The van der Waals surface area contributed by atoms with Gasteiger partial charge in [0, 0.05) is 5.69 Å². The number of nitrogens with zero attached hydrogens (tertiary/aromatic N) is 3. The Bertz CT molecular complexity index is 1120. The summed E-state index contributed by atoms with van der Waals surface area (Å²) in [6.07, 6.45) is 0. The Labute approximate surface area is 141 Å². The van der Waals surface area contributed by atoms with Crippen molar-refractivity contribution in [3.8, 4) is 5.69 Å². The first-order valence-corrected chi connectivity index (χ1v) is 7.63. The number of fused-ring (bicyclic) bond motifs is 1. The quantitative estimate of drug-likeness (QED) is 0.532. The Morgan fingerprint density at radius 3 is 2.60 bits per heavy atom. The summed E-state index contributed by atoms with van der Waals surface area (Å²) in [5.41, 5.74) is 3.10. The minimum absolute atomic E-state index is 0.242. The highest BCUT2D eigenvalue weighted by molar-refractivity contribution is 6.04. The Balaban J connectivity index is 1.62. The number of benzene rings is 2. The molecule has 25 heavy (non-hydrogen) atoms. The van der Waals surface area contributed by atoms with Crippen LogP contribution in [-0.2, 0) is 0 Å². The van der Waals surface area contributed by atoms with Crippen LogP contribution in [0.5, 0.6) is 0 Å². The van der Waals surface area contributed by atoms with Gasteiger partial charge in [0.1, 0.15) is 0 Å². The molecule has 2 aromatic carbocycles. The molecule has 4 rings (SSSR count). The summed E-state index contributed by atoms with van der Waals surface area (Å²) in [6, 6.07) is 14.5. The van der Waals surface area contributed by atoms with Gasteiger partial charge in [-0.15, -0.1) is 5.10 Å². The standard InChI is InChI=1S/C17H14N6O2/c1-10-15(22-23(21-10)12-5-3-2-4-6-12)16(24)18-11-7-8-13-14(9-11)20-17(25)19-13/h2-9H,1H3,(H,18,24)(H2,19,20,25). The minimum Gasteiger partial charge on any atom is -0.320 e. The smallest absolute Gasteiger partial charge is 0.320 e. The fourth-order valence-electron chi connectivity index (χ4n) is 2.57. The van der Waals surface area contributed by atoms with E-state index in [2.05, 4.69) is 25.5 Å². The average molecular weight is 334 g/mol. The fraction of sp³-hybridized carbons (Fsp3) is 0.0588. The largest absolute Gasteiger partial charge is 0.323 e. The summed E-state index contributed by atoms with van der Waals surface area (Å²) in [5.74, 6) is -0.364. The van der Waals surface area contributed by atoms with Crippen LogP contribution in [0.4, 0.5) is 5.69 Å². The highest BCUT2D eigenvalue weighted by Crippen LogP contribution is 2.16. The maximum absolute atomic E-state index is 12.5. The zero-order chi connectivity index (χ0) is 17.4. The van der Waals surface area contributed by atoms with Crippen molar-refractivity contribution in [3.05, 3.63) is 70.4 Å². The number of aromatic nitrogens is 5. The van der Waals surface area contributed by atoms with E-state index in [-0.39, 0.29) is 17.3 Å². The summed E-state index contributed by atoms with van der Waals surface area (Å²) >= 11 is 0. The number of aromatic amines is 2. The second-order valence-electron chi connectivity index (χ2n) is 5.55. The predicted molar refractivity (Wildman–Crippen MR) is 93.0 cm³/mol. The van der Waals surface area contributed by atoms with Gasteiger partial charge in [0.25, 0.3) is 5.91 Å². The van der Waals surface area contributed by atoms with Crippen molar-refractivity contribution in [1.82, 2.24) is 25.0 Å². The number of carbonyl (C=O) groups is 1. The topological polar surface area (TPSA) is 108 Å². The molecule has 4 aromatic rings. The lowest BCUT2D eigenvalue weighted by molar-refractivity contribution is 0.102. The van der Waals surface area contributed by atoms with Crippen molar-refractivity contribution in [2.45, 2.75) is 6.92 Å². The molecule has 2 heterocycles. The molecular weight excluding hydrogens is 320 g/mol. The molecule has 0 radical (unpaired) electrons. The Hall–Kier alpha value is -3.68. The van der Waals surface area contributed by atoms with Gasteiger partial charge in [-0.2, -0.15) is 9.90 Å². The van der Waals surface area contributed by atoms with E-state index in [0.717, 1.165) is 5.69 Å². The molecule has 0 saturated carbocycles. The molecule has 2 aromatic heterocycles. The van der Waals surface area contributed by atoms with Crippen LogP contribution in [0.15, 0.2) is 53.3 Å². The molecule has 8 nitrogen and oxygen atoms in total. The summed E-state index contributed by atoms with van der Waals surface area (Å²) in [6.45, 7) is 1.73. The molecule has 0 bridgehead atoms. The van der Waals surface area contributed by atoms with Gasteiger partial charge >= 0.3 is 5.69 Å². The van der Waals surface area contributed by atoms with Gasteiger partial charge < -0.3 is 15.3 Å². The van der Waals surface area contributed by atoms with E-state index in [0.29, 0.717) is 22.4 Å². The van der Waals surface area contributed by atoms with Crippen LogP contribution in [-0.4, -0.2) is 30.9 Å². The lowest BCUT2D eigenvalue weighted by Gasteiger charge is -2.03. The zero-order valence-electron chi connectivity index (χ0n) is 13.3. The number of imidazole rings is 1. The van der Waals surface area contributed by atoms with Gasteiger partial charge in [-0.3, -0.25) is 4.79 Å². The maximum Gasteiger partial charge on any atom is 0.323 e. The summed E-state index contributed by atoms with van der Waals surface area (Å²) in [7, 11) is 0. The van der Waals surface area contributed by atoms with E-state index < -0.39 is 0 Å². The number of para-hydroxylation sites is 1. The van der Waals surface area contributed by atoms with Crippen molar-refractivity contribution in [2.75, 3.05) is 5.32 Å². The van der Waals surface area contributed by atoms with Gasteiger partial charge in [-0.25, -0.2) is 4.79 Å². The van der Waals surface area contributed by atoms with Gasteiger partial charge in [0.15, 0.2) is 5.69 Å². The van der Waals surface area contributed by atoms with E-state index in [1.165, 1.54) is 4.80 Å². The van der Waals surface area contributed by atoms with E-state index in [4.69, 9.17) is 0 Å². The lowest BCUT2D eigenvalue weighted by Crippen LogP contribution is -2.14. The minimum atomic E-state index is -0.364. The first kappa shape index (κ1) is 14.9. The molecule has 124 valence electrons. The van der Waals surface area contributed by atoms with Crippen LogP contribution in [0.1, 0.15) is 16.2 Å². The van der Waals surface area contributed by atoms with Crippen LogP contribution in [0.2, 0.25) is 0 Å². The van der Waals surface area contributed by atoms with Gasteiger partial charge in [-0.1, -0.05) is 18.2 Å². The zero-order valence-corrected chi connectivity index (χ0v) is 13.3. The normalized spacial score (nSPS) is 10.9. The number of H-pyrrole nitrogens is 2. The third kappa shape index (κ3) is 2.80. The number of aryl methyl sites for hydroxylation is 1. The number of hydrogen-bond acceptors (Lipinski definition) is 4. The van der Waals surface area contributed by atoms with Crippen LogP contribution >= 0.6 is 0 Å². The number of anilines is 1. The number of amides is 1. The van der Waals surface area contributed by atoms with Gasteiger partial charge in [-0.05, 0) is 37.3 Å². The maximum atomic E-state index is 12.5. The van der Waals surface area contributed by atoms with Crippen LogP contribution < -0.4 is 11.0 Å². The second kappa shape index (κ2) is 5.75. The monoisotopic (exact) mass is 334 g/mol. The SMILES string of the molecule is Cc1nn(-c2ccccc2)nc1C(=O)Nc1ccc2[nH]c(=O)[nH]c2c1. The third-order valence-electron chi connectivity index (χ3n) is 3.76. The molecule has 0 fully saturated rings. The average Bonchev–Trinajstić information content (AvgIpc) is 3.17. The molecule has 0 spiro atoms. The highest BCUT2D eigenvalue weighted by atomic mass is 16.2. The van der Waals surface area contributed by atoms with Gasteiger partial charge in [0.2, 0.25) is 0 Å². The molecule has 8 heteroatoms. The summed E-state index contributed by atoms with van der Waals surface area (Å²) in [4.78, 5) is 30.6. The van der Waals surface area contributed by atoms with Crippen LogP contribution in [0.3, 0.4) is 0 Å². The van der Waals surface area contributed by atoms with Crippen LogP contribution in [0.25, 0.3) is 16.7 Å². The first-order chi connectivity index (χ1) is 12.1. The molecule has 0 aliphatic heterocycles. The van der Waals surface area contributed by atoms with Crippen molar-refractivity contribution in [2.24, 2.45) is 0 Å².